The van der Waals surface area contributed by atoms with Crippen molar-refractivity contribution in [3.63, 3.8) is 0 Å². The Bertz CT molecular complexity index is 565. The molecule has 1 unspecified atom stereocenters. The molecule has 0 aliphatic carbocycles. The fourth-order valence-corrected chi connectivity index (χ4v) is 2.18. The van der Waals surface area contributed by atoms with Crippen molar-refractivity contribution >= 4 is 15.9 Å². The molecule has 0 aliphatic heterocycles. The largest absolute Gasteiger partial charge is 0.381 e. The van der Waals surface area contributed by atoms with Crippen molar-refractivity contribution in [2.45, 2.75) is 12.5 Å². The zero-order chi connectivity index (χ0) is 13.3. The molecule has 0 amide bonds. The van der Waals surface area contributed by atoms with Crippen LogP contribution < -0.4 is 0 Å². The van der Waals surface area contributed by atoms with Gasteiger partial charge in [0.15, 0.2) is 0 Å². The maximum Gasteiger partial charge on any atom is 0.143 e. The van der Waals surface area contributed by atoms with Crippen molar-refractivity contribution in [3.8, 4) is 0 Å². The van der Waals surface area contributed by atoms with Crippen LogP contribution in [0.3, 0.4) is 0 Å². The van der Waals surface area contributed by atoms with E-state index < -0.39 is 17.2 Å². The summed E-state index contributed by atoms with van der Waals surface area (Å²) in [5.41, 5.74) is -0.939. The second-order valence-electron chi connectivity index (χ2n) is 4.18. The van der Waals surface area contributed by atoms with Gasteiger partial charge in [0.1, 0.15) is 17.2 Å². The number of hydrogen-bond acceptors (Lipinski definition) is 1. The molecule has 0 saturated carbocycles. The van der Waals surface area contributed by atoms with E-state index >= 15 is 0 Å². The van der Waals surface area contributed by atoms with Gasteiger partial charge in [-0.05, 0) is 46.6 Å². The minimum absolute atomic E-state index is 0.142. The van der Waals surface area contributed by atoms with Crippen LogP contribution >= 0.6 is 15.9 Å². The summed E-state index contributed by atoms with van der Waals surface area (Å²) in [5.74, 6) is -0.920. The van der Waals surface area contributed by atoms with Gasteiger partial charge in [-0.3, -0.25) is 0 Å². The highest BCUT2D eigenvalue weighted by atomic mass is 79.9. The minimum Gasteiger partial charge on any atom is -0.381 e. The van der Waals surface area contributed by atoms with E-state index in [4.69, 9.17) is 0 Å². The molecule has 4 heteroatoms. The summed E-state index contributed by atoms with van der Waals surface area (Å²) in [5, 5.41) is 10.5. The van der Waals surface area contributed by atoms with Crippen molar-refractivity contribution in [1.29, 1.82) is 0 Å². The molecule has 2 aromatic carbocycles. The molecule has 18 heavy (non-hydrogen) atoms. The van der Waals surface area contributed by atoms with Crippen LogP contribution in [0.2, 0.25) is 0 Å². The summed E-state index contributed by atoms with van der Waals surface area (Å²) in [7, 11) is 0. The summed E-state index contributed by atoms with van der Waals surface area (Å²) in [4.78, 5) is 0. The van der Waals surface area contributed by atoms with Crippen LogP contribution in [-0.4, -0.2) is 5.11 Å². The Hall–Kier alpha value is -1.26. The van der Waals surface area contributed by atoms with E-state index in [0.29, 0.717) is 5.56 Å². The lowest BCUT2D eigenvalue weighted by Crippen LogP contribution is -2.24. The first kappa shape index (κ1) is 13.2. The molecule has 2 rings (SSSR count). The third-order valence-corrected chi connectivity index (χ3v) is 3.49. The average molecular weight is 313 g/mol. The smallest absolute Gasteiger partial charge is 0.143 e. The average Bonchev–Trinajstić information content (AvgIpc) is 2.33. The van der Waals surface area contributed by atoms with Crippen LogP contribution in [-0.2, 0) is 5.60 Å². The summed E-state index contributed by atoms with van der Waals surface area (Å²) in [6.07, 6.45) is 0. The predicted molar refractivity (Wildman–Crippen MR) is 69.2 cm³/mol. The van der Waals surface area contributed by atoms with Crippen LogP contribution in [0.15, 0.2) is 46.9 Å². The Morgan fingerprint density at radius 3 is 2.28 bits per heavy atom. The van der Waals surface area contributed by atoms with Crippen molar-refractivity contribution in [2.75, 3.05) is 0 Å². The molecule has 94 valence electrons. The third-order valence-electron chi connectivity index (χ3n) is 2.88. The second-order valence-corrected chi connectivity index (χ2v) is 5.03. The van der Waals surface area contributed by atoms with Crippen LogP contribution in [0.5, 0.6) is 0 Å². The SMILES string of the molecule is CC(O)(c1ccc(F)cc1)c1cccc(Br)c1F. The van der Waals surface area contributed by atoms with Crippen LogP contribution in [0.1, 0.15) is 18.1 Å². The van der Waals surface area contributed by atoms with E-state index in [1.807, 2.05) is 0 Å². The Labute approximate surface area is 112 Å². The normalized spacial score (nSPS) is 14.3. The number of benzene rings is 2. The number of aliphatic hydroxyl groups is 1. The number of rotatable bonds is 2. The van der Waals surface area contributed by atoms with Gasteiger partial charge in [0.2, 0.25) is 0 Å². The zero-order valence-electron chi connectivity index (χ0n) is 9.62. The predicted octanol–water partition coefficient (Wildman–Crippen LogP) is 3.98. The fourth-order valence-electron chi connectivity index (χ4n) is 1.81. The molecule has 0 spiro atoms. The summed E-state index contributed by atoms with van der Waals surface area (Å²) < 4.78 is 27.1. The van der Waals surface area contributed by atoms with Gasteiger partial charge in [0.05, 0.1) is 4.47 Å². The lowest BCUT2D eigenvalue weighted by atomic mass is 9.88. The minimum atomic E-state index is -1.51. The maximum atomic E-state index is 14.0. The molecule has 1 atom stereocenters. The summed E-state index contributed by atoms with van der Waals surface area (Å²) in [6.45, 7) is 1.48. The van der Waals surface area contributed by atoms with Gasteiger partial charge >= 0.3 is 0 Å². The van der Waals surface area contributed by atoms with Gasteiger partial charge in [-0.2, -0.15) is 0 Å². The van der Waals surface area contributed by atoms with Gasteiger partial charge in [-0.1, -0.05) is 24.3 Å². The molecule has 0 aromatic heterocycles. The summed E-state index contributed by atoms with van der Waals surface area (Å²) >= 11 is 3.08. The lowest BCUT2D eigenvalue weighted by molar-refractivity contribution is 0.0977. The standard InChI is InChI=1S/C14H11BrF2O/c1-14(18,9-5-7-10(16)8-6-9)11-3-2-4-12(15)13(11)17/h2-8,18H,1H3. The van der Waals surface area contributed by atoms with Crippen molar-refractivity contribution in [2.24, 2.45) is 0 Å². The van der Waals surface area contributed by atoms with Crippen molar-refractivity contribution < 1.29 is 13.9 Å². The van der Waals surface area contributed by atoms with Gasteiger partial charge < -0.3 is 5.11 Å². The molecule has 0 saturated heterocycles. The molecule has 0 bridgehead atoms. The topological polar surface area (TPSA) is 20.2 Å². The molecule has 1 nitrogen and oxygen atoms in total. The molecular formula is C14H11BrF2O. The highest BCUT2D eigenvalue weighted by molar-refractivity contribution is 9.10. The Kier molecular flexibility index (Phi) is 3.50. The summed E-state index contributed by atoms with van der Waals surface area (Å²) in [6, 6.07) is 10.0. The van der Waals surface area contributed by atoms with Gasteiger partial charge in [0.25, 0.3) is 0 Å². The molecular weight excluding hydrogens is 302 g/mol. The van der Waals surface area contributed by atoms with Crippen LogP contribution in [0.4, 0.5) is 8.78 Å². The molecule has 1 N–H and O–H groups in total. The van der Waals surface area contributed by atoms with Gasteiger partial charge in [-0.25, -0.2) is 8.78 Å². The van der Waals surface area contributed by atoms with E-state index in [-0.39, 0.29) is 10.0 Å². The van der Waals surface area contributed by atoms with E-state index in [9.17, 15) is 13.9 Å². The van der Waals surface area contributed by atoms with Gasteiger partial charge in [-0.15, -0.1) is 0 Å². The highest BCUT2D eigenvalue weighted by Crippen LogP contribution is 2.33. The Morgan fingerprint density at radius 1 is 1.06 bits per heavy atom. The fraction of sp³-hybridized carbons (Fsp3) is 0.143. The number of halogens is 3. The van der Waals surface area contributed by atoms with E-state index in [1.165, 1.54) is 37.3 Å². The molecule has 0 fully saturated rings. The zero-order valence-corrected chi connectivity index (χ0v) is 11.2. The molecule has 0 radical (unpaired) electrons. The van der Waals surface area contributed by atoms with E-state index in [1.54, 1.807) is 12.1 Å². The second kappa shape index (κ2) is 4.78. The maximum absolute atomic E-state index is 14.0. The monoisotopic (exact) mass is 312 g/mol. The van der Waals surface area contributed by atoms with E-state index in [0.717, 1.165) is 0 Å². The molecule has 2 aromatic rings. The number of hydrogen-bond donors (Lipinski definition) is 1. The Morgan fingerprint density at radius 2 is 1.67 bits per heavy atom. The Balaban J connectivity index is 2.54. The van der Waals surface area contributed by atoms with Crippen molar-refractivity contribution in [3.05, 3.63) is 69.7 Å². The molecule has 0 aliphatic rings. The van der Waals surface area contributed by atoms with Crippen LogP contribution in [0, 0.1) is 11.6 Å². The van der Waals surface area contributed by atoms with Crippen molar-refractivity contribution in [1.82, 2.24) is 0 Å². The quantitative estimate of drug-likeness (QED) is 0.889. The van der Waals surface area contributed by atoms with Crippen LogP contribution in [0.25, 0.3) is 0 Å². The highest BCUT2D eigenvalue weighted by Gasteiger charge is 2.29. The van der Waals surface area contributed by atoms with E-state index in [2.05, 4.69) is 15.9 Å². The van der Waals surface area contributed by atoms with Gasteiger partial charge in [0, 0.05) is 5.56 Å². The lowest BCUT2D eigenvalue weighted by Gasteiger charge is -2.25. The first-order chi connectivity index (χ1) is 8.43. The first-order valence-electron chi connectivity index (χ1n) is 5.36. The molecule has 0 heterocycles. The third kappa shape index (κ3) is 2.31. The first-order valence-corrected chi connectivity index (χ1v) is 6.15.